The molecule has 2 N–H and O–H groups in total. The molecule has 1 aliphatic rings. The second kappa shape index (κ2) is 7.57. The van der Waals surface area contributed by atoms with Gasteiger partial charge in [-0.25, -0.2) is 4.79 Å². The van der Waals surface area contributed by atoms with E-state index in [0.717, 1.165) is 11.3 Å². The molecule has 0 radical (unpaired) electrons. The molecule has 3 amide bonds. The molecule has 6 heteroatoms. The molecule has 1 aliphatic heterocycles. The van der Waals surface area contributed by atoms with E-state index in [0.29, 0.717) is 11.6 Å². The highest BCUT2D eigenvalue weighted by Gasteiger charge is 2.31. The van der Waals surface area contributed by atoms with Gasteiger partial charge in [-0.3, -0.25) is 4.79 Å². The smallest absolute Gasteiger partial charge is 0.315 e. The molecule has 0 aromatic heterocycles. The third-order valence-corrected chi connectivity index (χ3v) is 4.50. The monoisotopic (exact) mass is 357 g/mol. The fourth-order valence-corrected chi connectivity index (χ4v) is 3.05. The van der Waals surface area contributed by atoms with Crippen LogP contribution in [-0.4, -0.2) is 24.5 Å². The number of carbonyl (C=O) groups is 2. The third-order valence-electron chi connectivity index (χ3n) is 4.25. The number of benzene rings is 2. The van der Waals surface area contributed by atoms with Gasteiger partial charge < -0.3 is 15.5 Å². The van der Waals surface area contributed by atoms with Crippen LogP contribution in [0.1, 0.15) is 24.9 Å². The van der Waals surface area contributed by atoms with Crippen LogP contribution in [0.4, 0.5) is 10.5 Å². The third kappa shape index (κ3) is 4.31. The van der Waals surface area contributed by atoms with Gasteiger partial charge in [0.15, 0.2) is 0 Å². The van der Waals surface area contributed by atoms with E-state index in [1.165, 1.54) is 0 Å². The van der Waals surface area contributed by atoms with Crippen LogP contribution in [-0.2, 0) is 4.79 Å². The number of halogens is 1. The van der Waals surface area contributed by atoms with E-state index in [4.69, 9.17) is 11.6 Å². The van der Waals surface area contributed by atoms with Crippen molar-refractivity contribution >= 4 is 29.2 Å². The molecule has 0 spiro atoms. The van der Waals surface area contributed by atoms with Gasteiger partial charge in [0.1, 0.15) is 0 Å². The summed E-state index contributed by atoms with van der Waals surface area (Å²) >= 11 is 5.88. The summed E-state index contributed by atoms with van der Waals surface area (Å²) in [5.41, 5.74) is 1.82. The molecule has 3 rings (SSSR count). The van der Waals surface area contributed by atoms with Crippen molar-refractivity contribution in [3.63, 3.8) is 0 Å². The van der Waals surface area contributed by atoms with Crippen molar-refractivity contribution in [2.45, 2.75) is 25.4 Å². The second-order valence-electron chi connectivity index (χ2n) is 6.13. The molecule has 0 bridgehead atoms. The molecular weight excluding hydrogens is 338 g/mol. The number of nitrogens with one attached hydrogen (secondary N) is 2. The minimum Gasteiger partial charge on any atom is -0.333 e. The molecule has 2 aromatic rings. The van der Waals surface area contributed by atoms with Crippen molar-refractivity contribution in [3.05, 3.63) is 65.2 Å². The Morgan fingerprint density at radius 2 is 1.84 bits per heavy atom. The molecule has 2 atom stereocenters. The molecule has 1 heterocycles. The Labute approximate surface area is 152 Å². The van der Waals surface area contributed by atoms with Gasteiger partial charge in [0.25, 0.3) is 0 Å². The molecule has 5 nitrogen and oxygen atoms in total. The summed E-state index contributed by atoms with van der Waals surface area (Å²) < 4.78 is 0. The first-order valence-electron chi connectivity index (χ1n) is 8.21. The van der Waals surface area contributed by atoms with Gasteiger partial charge in [-0.2, -0.15) is 0 Å². The highest BCUT2D eigenvalue weighted by Crippen LogP contribution is 2.23. The topological polar surface area (TPSA) is 61.4 Å². The first kappa shape index (κ1) is 17.3. The number of anilines is 1. The Kier molecular flexibility index (Phi) is 5.24. The number of nitrogens with zero attached hydrogens (tertiary/aromatic N) is 1. The van der Waals surface area contributed by atoms with Crippen LogP contribution in [0.3, 0.4) is 0 Å². The minimum absolute atomic E-state index is 0.0104. The fourth-order valence-electron chi connectivity index (χ4n) is 2.92. The molecule has 130 valence electrons. The number of hydrogen-bond donors (Lipinski definition) is 2. The maximum atomic E-state index is 12.2. The number of amides is 3. The first-order valence-corrected chi connectivity index (χ1v) is 8.58. The van der Waals surface area contributed by atoms with Gasteiger partial charge in [0.2, 0.25) is 5.91 Å². The highest BCUT2D eigenvalue weighted by molar-refractivity contribution is 6.30. The van der Waals surface area contributed by atoms with E-state index in [9.17, 15) is 9.59 Å². The average Bonchev–Trinajstić information content (AvgIpc) is 2.96. The summed E-state index contributed by atoms with van der Waals surface area (Å²) in [6.45, 7) is 2.38. The Hall–Kier alpha value is -2.53. The molecule has 1 saturated heterocycles. The van der Waals surface area contributed by atoms with Gasteiger partial charge in [0.05, 0.1) is 12.1 Å². The Morgan fingerprint density at radius 1 is 1.16 bits per heavy atom. The van der Waals surface area contributed by atoms with Crippen molar-refractivity contribution in [2.24, 2.45) is 0 Å². The standard InChI is InChI=1S/C19H20ClN3O2/c1-13(14-5-3-2-4-6-14)21-19(25)22-16-11-18(24)23(12-16)17-9-7-15(20)8-10-17/h2-10,13,16H,11-12H2,1H3,(H2,21,22,25)/t13-,16+/m0/s1. The molecule has 0 aliphatic carbocycles. The lowest BCUT2D eigenvalue weighted by molar-refractivity contribution is -0.117. The van der Waals surface area contributed by atoms with Crippen LogP contribution in [0.15, 0.2) is 54.6 Å². The van der Waals surface area contributed by atoms with E-state index < -0.39 is 0 Å². The first-order chi connectivity index (χ1) is 12.0. The zero-order valence-corrected chi connectivity index (χ0v) is 14.7. The molecule has 0 saturated carbocycles. The summed E-state index contributed by atoms with van der Waals surface area (Å²) in [5, 5.41) is 6.41. The lowest BCUT2D eigenvalue weighted by atomic mass is 10.1. The van der Waals surface area contributed by atoms with Gasteiger partial charge in [-0.15, -0.1) is 0 Å². The number of carbonyl (C=O) groups excluding carboxylic acids is 2. The summed E-state index contributed by atoms with van der Waals surface area (Å²) in [6, 6.07) is 16.3. The molecular formula is C19H20ClN3O2. The highest BCUT2D eigenvalue weighted by atomic mass is 35.5. The van der Waals surface area contributed by atoms with Crippen LogP contribution in [0.2, 0.25) is 5.02 Å². The summed E-state index contributed by atoms with van der Waals surface area (Å²) in [4.78, 5) is 26.1. The van der Waals surface area contributed by atoms with E-state index in [-0.39, 0.29) is 30.4 Å². The molecule has 2 aromatic carbocycles. The summed E-state index contributed by atoms with van der Waals surface area (Å²) in [6.07, 6.45) is 0.287. The number of rotatable bonds is 4. The largest absolute Gasteiger partial charge is 0.333 e. The lowest BCUT2D eigenvalue weighted by Gasteiger charge is -2.19. The predicted octanol–water partition coefficient (Wildman–Crippen LogP) is 3.51. The Bertz CT molecular complexity index is 749. The SMILES string of the molecule is C[C@H](NC(=O)N[C@@H]1CC(=O)N(c2ccc(Cl)cc2)C1)c1ccccc1. The Balaban J connectivity index is 1.56. The second-order valence-corrected chi connectivity index (χ2v) is 6.57. The molecule has 25 heavy (non-hydrogen) atoms. The van der Waals surface area contributed by atoms with E-state index in [2.05, 4.69) is 10.6 Å². The lowest BCUT2D eigenvalue weighted by Crippen LogP contribution is -2.44. The molecule has 1 fully saturated rings. The van der Waals surface area contributed by atoms with Crippen molar-refractivity contribution in [1.82, 2.24) is 10.6 Å². The molecule has 0 unspecified atom stereocenters. The van der Waals surface area contributed by atoms with E-state index in [1.54, 1.807) is 29.2 Å². The fraction of sp³-hybridized carbons (Fsp3) is 0.263. The maximum absolute atomic E-state index is 12.2. The van der Waals surface area contributed by atoms with Crippen LogP contribution < -0.4 is 15.5 Å². The van der Waals surface area contributed by atoms with Crippen molar-refractivity contribution in [1.29, 1.82) is 0 Å². The van der Waals surface area contributed by atoms with Gasteiger partial charge in [0, 0.05) is 23.7 Å². The minimum atomic E-state index is -0.271. The number of hydrogen-bond acceptors (Lipinski definition) is 2. The summed E-state index contributed by atoms with van der Waals surface area (Å²) in [5.74, 6) is -0.0104. The normalized spacial score (nSPS) is 18.1. The van der Waals surface area contributed by atoms with Crippen LogP contribution in [0.25, 0.3) is 0 Å². The van der Waals surface area contributed by atoms with Crippen molar-refractivity contribution in [3.8, 4) is 0 Å². The van der Waals surface area contributed by atoms with E-state index >= 15 is 0 Å². The predicted molar refractivity (Wildman–Crippen MR) is 98.7 cm³/mol. The van der Waals surface area contributed by atoms with E-state index in [1.807, 2.05) is 37.3 Å². The maximum Gasteiger partial charge on any atom is 0.315 e. The average molecular weight is 358 g/mol. The van der Waals surface area contributed by atoms with Crippen molar-refractivity contribution < 1.29 is 9.59 Å². The van der Waals surface area contributed by atoms with Gasteiger partial charge >= 0.3 is 6.03 Å². The van der Waals surface area contributed by atoms with Crippen LogP contribution >= 0.6 is 11.6 Å². The zero-order chi connectivity index (χ0) is 17.8. The number of urea groups is 1. The Morgan fingerprint density at radius 3 is 2.52 bits per heavy atom. The van der Waals surface area contributed by atoms with Crippen LogP contribution in [0.5, 0.6) is 0 Å². The summed E-state index contributed by atoms with van der Waals surface area (Å²) in [7, 11) is 0. The van der Waals surface area contributed by atoms with Crippen LogP contribution in [0, 0.1) is 0 Å². The zero-order valence-electron chi connectivity index (χ0n) is 13.9. The van der Waals surface area contributed by atoms with Gasteiger partial charge in [-0.05, 0) is 36.8 Å². The van der Waals surface area contributed by atoms with Gasteiger partial charge in [-0.1, -0.05) is 41.9 Å². The quantitative estimate of drug-likeness (QED) is 0.879. The van der Waals surface area contributed by atoms with Crippen molar-refractivity contribution in [2.75, 3.05) is 11.4 Å².